The first-order valence-corrected chi connectivity index (χ1v) is 9.09. The molecule has 0 radical (unpaired) electrons. The second-order valence-corrected chi connectivity index (χ2v) is 7.82. The first kappa shape index (κ1) is 15.8. The normalized spacial score (nSPS) is 36.0. The number of fused-ring (bicyclic) bond motifs is 5. The molecule has 0 spiro atoms. The summed E-state index contributed by atoms with van der Waals surface area (Å²) >= 11 is 0. The molecule has 0 bridgehead atoms. The van der Waals surface area contributed by atoms with Crippen LogP contribution in [-0.4, -0.2) is 25.0 Å². The predicted molar refractivity (Wildman–Crippen MR) is 93.7 cm³/mol. The number of phenols is 1. The zero-order chi connectivity index (χ0) is 16.9. The summed E-state index contributed by atoms with van der Waals surface area (Å²) in [6, 6.07) is 4.11. The molecule has 1 aromatic rings. The molecule has 0 aliphatic heterocycles. The molecule has 1 aromatic carbocycles. The van der Waals surface area contributed by atoms with Crippen LogP contribution in [0.1, 0.15) is 56.1 Å². The quantitative estimate of drug-likeness (QED) is 0.825. The van der Waals surface area contributed by atoms with Crippen LogP contribution in [0.25, 0.3) is 0 Å². The van der Waals surface area contributed by atoms with E-state index in [0.29, 0.717) is 29.3 Å². The number of methoxy groups -OCH3 is 1. The van der Waals surface area contributed by atoms with Gasteiger partial charge in [0.2, 0.25) is 0 Å². The van der Waals surface area contributed by atoms with Crippen LogP contribution in [0, 0.1) is 17.3 Å². The highest BCUT2D eigenvalue weighted by atomic mass is 16.6. The molecule has 2 fully saturated rings. The SMILES string of the molecule is CO/N=C1/CC[C@H]2[C@@H]3CCc4c(ccc(OC)c4O)[C@H]3CC[C@]12C. The summed E-state index contributed by atoms with van der Waals surface area (Å²) in [4.78, 5) is 5.11. The van der Waals surface area contributed by atoms with Gasteiger partial charge >= 0.3 is 0 Å². The molecule has 0 aromatic heterocycles. The topological polar surface area (TPSA) is 51.0 Å². The molecule has 0 unspecified atom stereocenters. The zero-order valence-electron chi connectivity index (χ0n) is 14.8. The van der Waals surface area contributed by atoms with Crippen LogP contribution in [0.2, 0.25) is 0 Å². The van der Waals surface area contributed by atoms with Gasteiger partial charge in [0.25, 0.3) is 0 Å². The van der Waals surface area contributed by atoms with E-state index in [1.165, 1.54) is 24.1 Å². The van der Waals surface area contributed by atoms with Crippen molar-refractivity contribution in [1.82, 2.24) is 0 Å². The van der Waals surface area contributed by atoms with Crippen molar-refractivity contribution in [2.45, 2.75) is 51.4 Å². The zero-order valence-corrected chi connectivity index (χ0v) is 14.8. The summed E-state index contributed by atoms with van der Waals surface area (Å²) in [6.45, 7) is 2.39. The van der Waals surface area contributed by atoms with Gasteiger partial charge in [-0.3, -0.25) is 0 Å². The molecular weight excluding hydrogens is 302 g/mol. The Balaban J connectivity index is 1.70. The second kappa shape index (κ2) is 5.68. The standard InChI is InChI=1S/C20H27NO3/c1-20-11-10-13-12-6-8-17(23-2)19(22)15(12)5-4-14(13)16(20)7-9-18(20)21-24-3/h6,8,13-14,16,22H,4-5,7,9-11H2,1-3H3/b21-18-/t13-,14-,16+,20+/m1/s1. The molecule has 4 atom stereocenters. The van der Waals surface area contributed by atoms with Crippen molar-refractivity contribution in [3.05, 3.63) is 23.3 Å². The van der Waals surface area contributed by atoms with Crippen LogP contribution in [0.3, 0.4) is 0 Å². The Labute approximate surface area is 143 Å². The van der Waals surface area contributed by atoms with Gasteiger partial charge in [0, 0.05) is 11.0 Å². The van der Waals surface area contributed by atoms with Crippen molar-refractivity contribution < 1.29 is 14.7 Å². The summed E-state index contributed by atoms with van der Waals surface area (Å²) in [5, 5.41) is 14.9. The second-order valence-electron chi connectivity index (χ2n) is 7.82. The minimum absolute atomic E-state index is 0.198. The monoisotopic (exact) mass is 329 g/mol. The van der Waals surface area contributed by atoms with Crippen molar-refractivity contribution in [1.29, 1.82) is 0 Å². The Bertz CT molecular complexity index is 684. The van der Waals surface area contributed by atoms with Gasteiger partial charge in [-0.15, -0.1) is 0 Å². The van der Waals surface area contributed by atoms with E-state index in [4.69, 9.17) is 9.57 Å². The van der Waals surface area contributed by atoms with Crippen molar-refractivity contribution in [2.24, 2.45) is 22.4 Å². The molecule has 1 N–H and O–H groups in total. The molecule has 4 nitrogen and oxygen atoms in total. The van der Waals surface area contributed by atoms with Gasteiger partial charge in [0.05, 0.1) is 12.8 Å². The molecule has 24 heavy (non-hydrogen) atoms. The van der Waals surface area contributed by atoms with E-state index in [1.807, 2.05) is 6.07 Å². The molecular formula is C20H27NO3. The number of benzene rings is 1. The molecule has 130 valence electrons. The first-order valence-electron chi connectivity index (χ1n) is 9.09. The highest BCUT2D eigenvalue weighted by Gasteiger charge is 2.54. The molecule has 0 amide bonds. The van der Waals surface area contributed by atoms with Gasteiger partial charge in [-0.2, -0.15) is 0 Å². The molecule has 0 heterocycles. The summed E-state index contributed by atoms with van der Waals surface area (Å²) in [5.74, 6) is 2.89. The maximum absolute atomic E-state index is 10.5. The number of nitrogens with zero attached hydrogens (tertiary/aromatic N) is 1. The van der Waals surface area contributed by atoms with Crippen molar-refractivity contribution in [3.8, 4) is 11.5 Å². The lowest BCUT2D eigenvalue weighted by atomic mass is 9.55. The predicted octanol–water partition coefficient (Wildman–Crippen LogP) is 4.26. The lowest BCUT2D eigenvalue weighted by Crippen LogP contribution is -2.42. The van der Waals surface area contributed by atoms with Crippen LogP contribution in [0.5, 0.6) is 11.5 Å². The third-order valence-electron chi connectivity index (χ3n) is 7.01. The van der Waals surface area contributed by atoms with Gasteiger partial charge in [-0.05, 0) is 67.9 Å². The fourth-order valence-electron chi connectivity index (χ4n) is 5.84. The minimum Gasteiger partial charge on any atom is -0.504 e. The van der Waals surface area contributed by atoms with Crippen molar-refractivity contribution >= 4 is 5.71 Å². The molecule has 4 heteroatoms. The van der Waals surface area contributed by atoms with Gasteiger partial charge in [0.15, 0.2) is 11.5 Å². The van der Waals surface area contributed by atoms with Crippen LogP contribution in [0.4, 0.5) is 0 Å². The number of rotatable bonds is 2. The van der Waals surface area contributed by atoms with Crippen LogP contribution in [-0.2, 0) is 11.3 Å². The maximum Gasteiger partial charge on any atom is 0.161 e. The number of aromatic hydroxyl groups is 1. The van der Waals surface area contributed by atoms with Crippen molar-refractivity contribution in [3.63, 3.8) is 0 Å². The van der Waals surface area contributed by atoms with Crippen LogP contribution >= 0.6 is 0 Å². The van der Waals surface area contributed by atoms with E-state index in [0.717, 1.165) is 31.2 Å². The fraction of sp³-hybridized carbons (Fsp3) is 0.650. The van der Waals surface area contributed by atoms with Crippen LogP contribution < -0.4 is 4.74 Å². The highest BCUT2D eigenvalue weighted by molar-refractivity contribution is 5.92. The van der Waals surface area contributed by atoms with Gasteiger partial charge in [-0.25, -0.2) is 0 Å². The molecule has 4 rings (SSSR count). The van der Waals surface area contributed by atoms with Gasteiger partial charge in [-0.1, -0.05) is 18.1 Å². The maximum atomic E-state index is 10.5. The number of phenolic OH excluding ortho intramolecular Hbond substituents is 1. The average molecular weight is 329 g/mol. The lowest BCUT2D eigenvalue weighted by Gasteiger charge is -2.49. The molecule has 2 saturated carbocycles. The highest BCUT2D eigenvalue weighted by Crippen LogP contribution is 2.60. The Hall–Kier alpha value is -1.71. The number of hydrogen-bond acceptors (Lipinski definition) is 4. The first-order chi connectivity index (χ1) is 11.6. The minimum atomic E-state index is 0.198. The Morgan fingerprint density at radius 3 is 2.75 bits per heavy atom. The third-order valence-corrected chi connectivity index (χ3v) is 7.01. The smallest absolute Gasteiger partial charge is 0.161 e. The van der Waals surface area contributed by atoms with Crippen molar-refractivity contribution in [2.75, 3.05) is 14.2 Å². The van der Waals surface area contributed by atoms with Gasteiger partial charge < -0.3 is 14.7 Å². The van der Waals surface area contributed by atoms with E-state index >= 15 is 0 Å². The largest absolute Gasteiger partial charge is 0.504 e. The summed E-state index contributed by atoms with van der Waals surface area (Å²) in [6.07, 6.45) is 6.71. The molecule has 3 aliphatic rings. The Morgan fingerprint density at radius 1 is 1.17 bits per heavy atom. The number of oxime groups is 1. The van der Waals surface area contributed by atoms with Crippen LogP contribution in [0.15, 0.2) is 17.3 Å². The number of hydrogen-bond donors (Lipinski definition) is 1. The Morgan fingerprint density at radius 2 is 2.00 bits per heavy atom. The molecule has 3 aliphatic carbocycles. The third kappa shape index (κ3) is 2.08. The average Bonchev–Trinajstić information content (AvgIpc) is 2.92. The number of ether oxygens (including phenoxy) is 1. The van der Waals surface area contributed by atoms with Gasteiger partial charge in [0.1, 0.15) is 7.11 Å². The van der Waals surface area contributed by atoms with E-state index in [2.05, 4.69) is 18.1 Å². The van der Waals surface area contributed by atoms with E-state index < -0.39 is 0 Å². The summed E-state index contributed by atoms with van der Waals surface area (Å²) in [5.41, 5.74) is 3.92. The van der Waals surface area contributed by atoms with E-state index in [1.54, 1.807) is 14.2 Å². The van der Waals surface area contributed by atoms with E-state index in [-0.39, 0.29) is 5.41 Å². The lowest BCUT2D eigenvalue weighted by molar-refractivity contribution is 0.0919. The fourth-order valence-corrected chi connectivity index (χ4v) is 5.84. The molecule has 0 saturated heterocycles. The summed E-state index contributed by atoms with van der Waals surface area (Å²) in [7, 11) is 3.27. The Kier molecular flexibility index (Phi) is 3.74. The van der Waals surface area contributed by atoms with E-state index in [9.17, 15) is 5.11 Å². The summed E-state index contributed by atoms with van der Waals surface area (Å²) < 4.78 is 5.29.